The molecule has 1 fully saturated rings. The van der Waals surface area contributed by atoms with Crippen molar-refractivity contribution in [2.45, 2.75) is 25.4 Å². The Morgan fingerprint density at radius 3 is 3.11 bits per heavy atom. The van der Waals surface area contributed by atoms with Crippen LogP contribution in [0.3, 0.4) is 0 Å². The minimum absolute atomic E-state index is 0.684. The van der Waals surface area contributed by atoms with Crippen LogP contribution in [-0.4, -0.2) is 11.0 Å². The monoisotopic (exact) mass is 270 g/mol. The Balaban J connectivity index is 1.72. The molecule has 0 unspecified atom stereocenters. The predicted molar refractivity (Wildman–Crippen MR) is 77.2 cm³/mol. The SMILES string of the molecule is c1ccc2c(-c3ocnc3CNC3CC3)csc2c1. The third-order valence-electron chi connectivity index (χ3n) is 3.50. The van der Waals surface area contributed by atoms with E-state index in [0.717, 1.165) is 23.6 Å². The van der Waals surface area contributed by atoms with Gasteiger partial charge >= 0.3 is 0 Å². The van der Waals surface area contributed by atoms with E-state index in [1.807, 2.05) is 0 Å². The average molecular weight is 270 g/mol. The molecule has 1 aliphatic rings. The van der Waals surface area contributed by atoms with Crippen molar-refractivity contribution in [3.05, 3.63) is 41.7 Å². The second-order valence-corrected chi connectivity index (χ2v) is 5.84. The fourth-order valence-corrected chi connectivity index (χ4v) is 3.24. The summed E-state index contributed by atoms with van der Waals surface area (Å²) < 4.78 is 6.91. The largest absolute Gasteiger partial charge is 0.443 e. The zero-order chi connectivity index (χ0) is 12.7. The smallest absolute Gasteiger partial charge is 0.181 e. The molecule has 1 aromatic carbocycles. The van der Waals surface area contributed by atoms with Crippen LogP contribution in [-0.2, 0) is 6.54 Å². The summed E-state index contributed by atoms with van der Waals surface area (Å²) in [6.45, 7) is 0.792. The minimum Gasteiger partial charge on any atom is -0.443 e. The lowest BCUT2D eigenvalue weighted by Gasteiger charge is -2.01. The van der Waals surface area contributed by atoms with Gasteiger partial charge in [-0.3, -0.25) is 0 Å². The van der Waals surface area contributed by atoms with Gasteiger partial charge in [0, 0.05) is 33.6 Å². The van der Waals surface area contributed by atoms with Crippen molar-refractivity contribution in [2.24, 2.45) is 0 Å². The summed E-state index contributed by atoms with van der Waals surface area (Å²) in [6.07, 6.45) is 4.12. The molecular weight excluding hydrogens is 256 g/mol. The van der Waals surface area contributed by atoms with Crippen molar-refractivity contribution in [1.29, 1.82) is 0 Å². The first-order valence-corrected chi connectivity index (χ1v) is 7.42. The fraction of sp³-hybridized carbons (Fsp3) is 0.267. The highest BCUT2D eigenvalue weighted by Gasteiger charge is 2.22. The van der Waals surface area contributed by atoms with Crippen LogP contribution in [0.25, 0.3) is 21.4 Å². The van der Waals surface area contributed by atoms with E-state index >= 15 is 0 Å². The first-order valence-electron chi connectivity index (χ1n) is 6.54. The maximum Gasteiger partial charge on any atom is 0.181 e. The summed E-state index contributed by atoms with van der Waals surface area (Å²) in [5.41, 5.74) is 2.17. The van der Waals surface area contributed by atoms with Crippen molar-refractivity contribution in [2.75, 3.05) is 0 Å². The Morgan fingerprint density at radius 1 is 1.32 bits per heavy atom. The van der Waals surface area contributed by atoms with Crippen molar-refractivity contribution in [3.63, 3.8) is 0 Å². The molecule has 0 radical (unpaired) electrons. The van der Waals surface area contributed by atoms with Crippen LogP contribution in [0, 0.1) is 0 Å². The van der Waals surface area contributed by atoms with Gasteiger partial charge in [0.05, 0.1) is 0 Å². The lowest BCUT2D eigenvalue weighted by Crippen LogP contribution is -2.15. The third kappa shape index (κ3) is 2.07. The predicted octanol–water partition coefficient (Wildman–Crippen LogP) is 3.81. The Hall–Kier alpha value is -1.65. The standard InChI is InChI=1S/C15H14N2OS/c1-2-4-14-11(3-1)12(8-19-14)15-13(17-9-18-15)7-16-10-5-6-10/h1-4,8-10,16H,5-7H2. The highest BCUT2D eigenvalue weighted by Crippen LogP contribution is 2.35. The van der Waals surface area contributed by atoms with Crippen LogP contribution in [0.5, 0.6) is 0 Å². The van der Waals surface area contributed by atoms with Crippen LogP contribution in [0.15, 0.2) is 40.5 Å². The topological polar surface area (TPSA) is 38.1 Å². The first-order chi connectivity index (χ1) is 9.42. The van der Waals surface area contributed by atoms with E-state index in [0.29, 0.717) is 6.04 Å². The normalized spacial score (nSPS) is 15.2. The Kier molecular flexibility index (Phi) is 2.64. The highest BCUT2D eigenvalue weighted by molar-refractivity contribution is 7.17. The molecule has 1 aliphatic carbocycles. The van der Waals surface area contributed by atoms with Crippen LogP contribution < -0.4 is 5.32 Å². The van der Waals surface area contributed by atoms with Gasteiger partial charge in [0.25, 0.3) is 0 Å². The number of oxazole rings is 1. The molecule has 3 aromatic rings. The molecule has 0 spiro atoms. The molecule has 19 heavy (non-hydrogen) atoms. The summed E-state index contributed by atoms with van der Waals surface area (Å²) in [6, 6.07) is 9.10. The first kappa shape index (κ1) is 11.2. The van der Waals surface area contributed by atoms with Crippen molar-refractivity contribution < 1.29 is 4.42 Å². The summed E-state index contributed by atoms with van der Waals surface area (Å²) >= 11 is 1.75. The van der Waals surface area contributed by atoms with Gasteiger partial charge < -0.3 is 9.73 Å². The highest BCUT2D eigenvalue weighted by atomic mass is 32.1. The fourth-order valence-electron chi connectivity index (χ4n) is 2.30. The summed E-state index contributed by atoms with van der Waals surface area (Å²) in [4.78, 5) is 4.35. The second-order valence-electron chi connectivity index (χ2n) is 4.93. The van der Waals surface area contributed by atoms with Crippen LogP contribution >= 0.6 is 11.3 Å². The molecular formula is C15H14N2OS. The van der Waals surface area contributed by atoms with E-state index in [9.17, 15) is 0 Å². The van der Waals surface area contributed by atoms with Crippen LogP contribution in [0.2, 0.25) is 0 Å². The molecule has 4 rings (SSSR count). The van der Waals surface area contributed by atoms with E-state index in [1.165, 1.54) is 22.9 Å². The molecule has 0 aliphatic heterocycles. The molecule has 0 bridgehead atoms. The molecule has 3 nitrogen and oxygen atoms in total. The number of nitrogens with one attached hydrogen (secondary N) is 1. The van der Waals surface area contributed by atoms with E-state index in [-0.39, 0.29) is 0 Å². The second kappa shape index (κ2) is 4.47. The van der Waals surface area contributed by atoms with Crippen LogP contribution in [0.1, 0.15) is 18.5 Å². The quantitative estimate of drug-likeness (QED) is 0.783. The molecule has 96 valence electrons. The van der Waals surface area contributed by atoms with Crippen molar-refractivity contribution in [1.82, 2.24) is 10.3 Å². The zero-order valence-electron chi connectivity index (χ0n) is 10.4. The lowest BCUT2D eigenvalue weighted by molar-refractivity contribution is 0.570. The number of thiophene rings is 1. The maximum atomic E-state index is 5.63. The van der Waals surface area contributed by atoms with Gasteiger partial charge in [-0.15, -0.1) is 11.3 Å². The van der Waals surface area contributed by atoms with Gasteiger partial charge in [-0.1, -0.05) is 18.2 Å². The Bertz CT molecular complexity index is 712. The maximum absolute atomic E-state index is 5.63. The van der Waals surface area contributed by atoms with E-state index in [4.69, 9.17) is 4.42 Å². The summed E-state index contributed by atoms with van der Waals surface area (Å²) in [5, 5.41) is 6.90. The van der Waals surface area contributed by atoms with Gasteiger partial charge in [0.15, 0.2) is 12.2 Å². The molecule has 0 atom stereocenters. The Labute approximate surface area is 115 Å². The Morgan fingerprint density at radius 2 is 2.21 bits per heavy atom. The van der Waals surface area contributed by atoms with Gasteiger partial charge in [-0.25, -0.2) is 4.98 Å². The molecule has 0 saturated heterocycles. The number of hydrogen-bond donors (Lipinski definition) is 1. The van der Waals surface area contributed by atoms with Crippen molar-refractivity contribution in [3.8, 4) is 11.3 Å². The number of hydrogen-bond acceptors (Lipinski definition) is 4. The molecule has 2 heterocycles. The minimum atomic E-state index is 0.684. The summed E-state index contributed by atoms with van der Waals surface area (Å²) in [5.74, 6) is 0.908. The number of rotatable bonds is 4. The van der Waals surface area contributed by atoms with Gasteiger partial charge in [-0.2, -0.15) is 0 Å². The van der Waals surface area contributed by atoms with Gasteiger partial charge in [0.2, 0.25) is 0 Å². The molecule has 0 amide bonds. The number of benzene rings is 1. The van der Waals surface area contributed by atoms with E-state index < -0.39 is 0 Å². The van der Waals surface area contributed by atoms with Crippen LogP contribution in [0.4, 0.5) is 0 Å². The number of aromatic nitrogens is 1. The summed E-state index contributed by atoms with van der Waals surface area (Å²) in [7, 11) is 0. The zero-order valence-corrected chi connectivity index (χ0v) is 11.2. The molecule has 2 aromatic heterocycles. The van der Waals surface area contributed by atoms with Gasteiger partial charge in [-0.05, 0) is 18.9 Å². The van der Waals surface area contributed by atoms with E-state index in [2.05, 4.69) is 39.9 Å². The molecule has 1 N–H and O–H groups in total. The lowest BCUT2D eigenvalue weighted by atomic mass is 10.1. The number of fused-ring (bicyclic) bond motifs is 1. The van der Waals surface area contributed by atoms with Gasteiger partial charge in [0.1, 0.15) is 5.69 Å². The third-order valence-corrected chi connectivity index (χ3v) is 4.47. The molecule has 1 saturated carbocycles. The van der Waals surface area contributed by atoms with Crippen molar-refractivity contribution >= 4 is 21.4 Å². The molecule has 4 heteroatoms. The number of nitrogens with zero attached hydrogens (tertiary/aromatic N) is 1. The average Bonchev–Trinajstić information content (AvgIpc) is 3.00. The van der Waals surface area contributed by atoms with E-state index in [1.54, 1.807) is 17.7 Å².